The van der Waals surface area contributed by atoms with Crippen LogP contribution < -0.4 is 25.3 Å². The number of morpholine rings is 1. The molecule has 0 spiro atoms. The third-order valence-corrected chi connectivity index (χ3v) is 10.5. The summed E-state index contributed by atoms with van der Waals surface area (Å²) >= 11 is 12.8. The minimum atomic E-state index is -0.285. The number of hydrogen-bond acceptors (Lipinski definition) is 10. The third kappa shape index (κ3) is 6.73. The van der Waals surface area contributed by atoms with Gasteiger partial charge in [-0.15, -0.1) is 0 Å². The summed E-state index contributed by atoms with van der Waals surface area (Å²) < 4.78 is 11.7. The average Bonchev–Trinajstić information content (AvgIpc) is 3.86. The highest BCUT2D eigenvalue weighted by atomic mass is 35.5. The second-order valence-electron chi connectivity index (χ2n) is 12.4. The summed E-state index contributed by atoms with van der Waals surface area (Å²) in [6.07, 6.45) is 7.87. The van der Waals surface area contributed by atoms with Crippen molar-refractivity contribution in [1.82, 2.24) is 14.9 Å². The Labute approximate surface area is 284 Å². The van der Waals surface area contributed by atoms with Crippen LogP contribution in [0.25, 0.3) is 0 Å². The van der Waals surface area contributed by atoms with Crippen LogP contribution >= 0.6 is 23.2 Å². The lowest BCUT2D eigenvalue weighted by Gasteiger charge is -2.41. The Hall–Kier alpha value is -3.61. The van der Waals surface area contributed by atoms with Crippen LogP contribution in [0.3, 0.4) is 0 Å². The monoisotopic (exact) mass is 679 g/mol. The fourth-order valence-electron chi connectivity index (χ4n) is 7.28. The molecule has 4 fully saturated rings. The first-order valence-electron chi connectivity index (χ1n) is 16.1. The van der Waals surface area contributed by atoms with Crippen molar-refractivity contribution < 1.29 is 19.1 Å². The Morgan fingerprint density at radius 2 is 1.98 bits per heavy atom. The van der Waals surface area contributed by atoms with Crippen molar-refractivity contribution >= 4 is 57.8 Å². The molecular weight excluding hydrogens is 641 g/mol. The quantitative estimate of drug-likeness (QED) is 0.254. The Morgan fingerprint density at radius 3 is 2.72 bits per heavy atom. The van der Waals surface area contributed by atoms with E-state index in [2.05, 4.69) is 37.0 Å². The van der Waals surface area contributed by atoms with E-state index in [1.165, 1.54) is 12.4 Å². The Morgan fingerprint density at radius 1 is 1.13 bits per heavy atom. The van der Waals surface area contributed by atoms with Gasteiger partial charge in [0, 0.05) is 43.9 Å². The molecule has 2 N–H and O–H groups in total. The van der Waals surface area contributed by atoms with Crippen LogP contribution in [0.1, 0.15) is 31.2 Å². The van der Waals surface area contributed by atoms with Crippen LogP contribution in [0.2, 0.25) is 10.0 Å². The Bertz CT molecular complexity index is 1640. The molecule has 3 atom stereocenters. The molecule has 47 heavy (non-hydrogen) atoms. The third-order valence-electron chi connectivity index (χ3n) is 9.62. The predicted molar refractivity (Wildman–Crippen MR) is 184 cm³/mol. The van der Waals surface area contributed by atoms with Gasteiger partial charge in [-0.2, -0.15) is 0 Å². The number of piperidine rings is 1. The zero-order chi connectivity index (χ0) is 32.5. The van der Waals surface area contributed by atoms with E-state index >= 15 is 0 Å². The topological polar surface area (TPSA) is 104 Å². The predicted octanol–water partition coefficient (Wildman–Crippen LogP) is 5.86. The highest BCUT2D eigenvalue weighted by Crippen LogP contribution is 2.41. The maximum Gasteiger partial charge on any atom is 0.247 e. The zero-order valence-corrected chi connectivity index (χ0v) is 27.8. The van der Waals surface area contributed by atoms with E-state index in [4.69, 9.17) is 37.5 Å². The number of rotatable bonds is 10. The SMILES string of the molecule is C=CC(=O)Nc1cc(Nc2cc(N3OCC[C@@H]3Cc3cccc(Cl)c3Cl)ncn2)c(OC)cc1N1CCC(N2C[C@@H]3C[C@H]2CO3)CC1. The summed E-state index contributed by atoms with van der Waals surface area (Å²) in [5, 5.41) is 9.29. The van der Waals surface area contributed by atoms with Crippen LogP contribution in [-0.2, 0) is 20.8 Å². The highest BCUT2D eigenvalue weighted by Gasteiger charge is 2.42. The van der Waals surface area contributed by atoms with Crippen LogP contribution in [0.5, 0.6) is 5.75 Å². The molecule has 3 aromatic rings. The molecule has 11 nitrogen and oxygen atoms in total. The number of ether oxygens (including phenoxy) is 2. The minimum absolute atomic E-state index is 0.0151. The highest BCUT2D eigenvalue weighted by molar-refractivity contribution is 6.42. The molecule has 0 aliphatic carbocycles. The lowest BCUT2D eigenvalue weighted by molar-refractivity contribution is -0.111. The minimum Gasteiger partial charge on any atom is -0.494 e. The van der Waals surface area contributed by atoms with Crippen molar-refractivity contribution in [2.75, 3.05) is 60.6 Å². The van der Waals surface area contributed by atoms with Gasteiger partial charge in [-0.05, 0) is 55.9 Å². The number of likely N-dealkylation sites (tertiary alicyclic amines) is 1. The Balaban J connectivity index is 1.10. The number of benzene rings is 2. The van der Waals surface area contributed by atoms with Crippen molar-refractivity contribution in [3.05, 3.63) is 71.0 Å². The number of carbonyl (C=O) groups is 1. The van der Waals surface area contributed by atoms with Gasteiger partial charge in [-0.1, -0.05) is 41.9 Å². The van der Waals surface area contributed by atoms with Gasteiger partial charge in [-0.3, -0.25) is 14.5 Å². The lowest BCUT2D eigenvalue weighted by Crippen LogP contribution is -2.49. The molecule has 4 aliphatic heterocycles. The average molecular weight is 681 g/mol. The lowest BCUT2D eigenvalue weighted by atomic mass is 10.0. The molecule has 0 radical (unpaired) electrons. The van der Waals surface area contributed by atoms with Gasteiger partial charge in [0.2, 0.25) is 5.91 Å². The second-order valence-corrected chi connectivity index (χ2v) is 13.2. The van der Waals surface area contributed by atoms with E-state index in [-0.39, 0.29) is 11.9 Å². The van der Waals surface area contributed by atoms with Gasteiger partial charge in [0.15, 0.2) is 5.82 Å². The molecule has 2 aromatic carbocycles. The summed E-state index contributed by atoms with van der Waals surface area (Å²) in [5.74, 6) is 1.49. The van der Waals surface area contributed by atoms with Gasteiger partial charge in [-0.25, -0.2) is 15.0 Å². The van der Waals surface area contributed by atoms with Gasteiger partial charge >= 0.3 is 0 Å². The number of anilines is 5. The first-order valence-corrected chi connectivity index (χ1v) is 16.9. The number of carbonyl (C=O) groups excluding carboxylic acids is 1. The fraction of sp³-hybridized carbons (Fsp3) is 0.441. The van der Waals surface area contributed by atoms with Crippen molar-refractivity contribution in [2.45, 2.75) is 56.3 Å². The first kappa shape index (κ1) is 32.0. The number of hydrogen-bond donors (Lipinski definition) is 2. The van der Waals surface area contributed by atoms with Crippen molar-refractivity contribution in [3.63, 3.8) is 0 Å². The van der Waals surface area contributed by atoms with Crippen LogP contribution in [0.15, 0.2) is 55.4 Å². The van der Waals surface area contributed by atoms with Crippen LogP contribution in [0, 0.1) is 0 Å². The molecule has 2 bridgehead atoms. The summed E-state index contributed by atoms with van der Waals surface area (Å²) in [4.78, 5) is 32.5. The molecule has 13 heteroatoms. The normalized spacial score (nSPS) is 22.9. The van der Waals surface area contributed by atoms with E-state index < -0.39 is 0 Å². The number of hydroxylamine groups is 1. The summed E-state index contributed by atoms with van der Waals surface area (Å²) in [5.41, 5.74) is 3.17. The van der Waals surface area contributed by atoms with E-state index in [1.807, 2.05) is 35.4 Å². The maximum atomic E-state index is 12.6. The number of aromatic nitrogens is 2. The summed E-state index contributed by atoms with van der Waals surface area (Å²) in [6.45, 7) is 7.85. The van der Waals surface area contributed by atoms with E-state index in [0.717, 1.165) is 63.2 Å². The largest absolute Gasteiger partial charge is 0.494 e. The molecule has 5 heterocycles. The number of nitrogens with one attached hydrogen (secondary N) is 2. The van der Waals surface area contributed by atoms with Gasteiger partial charge in [0.05, 0.1) is 59.6 Å². The van der Waals surface area contributed by atoms with Crippen molar-refractivity contribution in [2.24, 2.45) is 0 Å². The fourth-order valence-corrected chi connectivity index (χ4v) is 7.68. The van der Waals surface area contributed by atoms with E-state index in [9.17, 15) is 4.79 Å². The first-order chi connectivity index (χ1) is 22.9. The number of methoxy groups -OCH3 is 1. The van der Waals surface area contributed by atoms with Crippen molar-refractivity contribution in [3.8, 4) is 5.75 Å². The van der Waals surface area contributed by atoms with Crippen LogP contribution in [-0.4, -0.2) is 85.0 Å². The molecule has 4 aliphatic rings. The Kier molecular flexibility index (Phi) is 9.42. The maximum absolute atomic E-state index is 12.6. The number of nitrogens with zero attached hydrogens (tertiary/aromatic N) is 5. The molecule has 1 amide bonds. The van der Waals surface area contributed by atoms with Gasteiger partial charge < -0.3 is 25.0 Å². The van der Waals surface area contributed by atoms with Crippen molar-refractivity contribution in [1.29, 1.82) is 0 Å². The number of halogens is 2. The second kappa shape index (κ2) is 13.9. The van der Waals surface area contributed by atoms with E-state index in [0.29, 0.717) is 70.0 Å². The molecule has 248 valence electrons. The van der Waals surface area contributed by atoms with E-state index in [1.54, 1.807) is 13.2 Å². The number of fused-ring (bicyclic) bond motifs is 2. The smallest absolute Gasteiger partial charge is 0.247 e. The van der Waals surface area contributed by atoms with Gasteiger partial charge in [0.1, 0.15) is 17.9 Å². The molecule has 0 unspecified atom stereocenters. The van der Waals surface area contributed by atoms with Gasteiger partial charge in [0.25, 0.3) is 0 Å². The number of amides is 1. The molecule has 0 saturated carbocycles. The molecule has 4 saturated heterocycles. The standard InChI is InChI=1S/C34H39Cl2N7O4/c1-3-33(44)40-27-15-28(30(45-2)16-29(27)41-10-7-22(8-11-41)42-18-25-14-24(42)19-46-25)39-31-17-32(38-20-37-31)43-23(9-12-47-43)13-21-5-4-6-26(35)34(21)36/h3-6,15-17,20,22-25H,1,7-14,18-19H2,2H3,(H,40,44)(H,37,38,39)/t23-,24+,25+/m1/s1. The zero-order valence-electron chi connectivity index (χ0n) is 26.3. The molecule has 1 aromatic heterocycles. The van der Waals surface area contributed by atoms with Crippen LogP contribution in [0.4, 0.5) is 28.7 Å². The molecular formula is C34H39Cl2N7O4. The molecule has 7 rings (SSSR count). The summed E-state index contributed by atoms with van der Waals surface area (Å²) in [7, 11) is 1.64. The summed E-state index contributed by atoms with van der Waals surface area (Å²) in [6, 6.07) is 12.5.